The molecule has 146 valence electrons. The number of rotatable bonds is 7. The van der Waals surface area contributed by atoms with Gasteiger partial charge in [0, 0.05) is 19.0 Å². The number of benzene rings is 2. The maximum atomic E-state index is 12.7. The number of hydrogen-bond donors (Lipinski definition) is 1. The van der Waals surface area contributed by atoms with Gasteiger partial charge in [0.05, 0.1) is 10.9 Å². The standard InChI is InChI=1S/C22H25N3O3/c1-3-16(17-10-6-5-7-11-17)14-23-20(26)15-25-19-13-9-8-12-18(19)21(27)24(4-2)22(25)28/h5-13,16H,3-4,14-15H2,1-2H3,(H,23,26)/t16-/m0/s1. The van der Waals surface area contributed by atoms with Crippen molar-refractivity contribution in [3.05, 3.63) is 81.0 Å². The topological polar surface area (TPSA) is 73.1 Å². The summed E-state index contributed by atoms with van der Waals surface area (Å²) in [5, 5.41) is 3.38. The lowest BCUT2D eigenvalue weighted by molar-refractivity contribution is -0.121. The molecule has 0 aliphatic carbocycles. The number of fused-ring (bicyclic) bond motifs is 1. The molecule has 1 amide bonds. The lowest BCUT2D eigenvalue weighted by Gasteiger charge is -2.17. The zero-order valence-electron chi connectivity index (χ0n) is 16.2. The van der Waals surface area contributed by atoms with Crippen molar-refractivity contribution >= 4 is 16.8 Å². The first-order chi connectivity index (χ1) is 13.6. The molecule has 1 atom stereocenters. The van der Waals surface area contributed by atoms with E-state index in [1.807, 2.05) is 18.2 Å². The van der Waals surface area contributed by atoms with E-state index in [1.54, 1.807) is 31.2 Å². The van der Waals surface area contributed by atoms with Gasteiger partial charge in [-0.15, -0.1) is 0 Å². The second-order valence-electron chi connectivity index (χ2n) is 6.76. The van der Waals surface area contributed by atoms with Crippen LogP contribution in [0.1, 0.15) is 31.7 Å². The molecule has 2 aromatic carbocycles. The minimum Gasteiger partial charge on any atom is -0.354 e. The van der Waals surface area contributed by atoms with Crippen LogP contribution in [-0.2, 0) is 17.9 Å². The Kier molecular flexibility index (Phi) is 6.09. The first-order valence-electron chi connectivity index (χ1n) is 9.60. The van der Waals surface area contributed by atoms with Gasteiger partial charge in [-0.25, -0.2) is 4.79 Å². The van der Waals surface area contributed by atoms with E-state index in [9.17, 15) is 14.4 Å². The van der Waals surface area contributed by atoms with Gasteiger partial charge in [0.15, 0.2) is 0 Å². The van der Waals surface area contributed by atoms with E-state index in [-0.39, 0.29) is 30.5 Å². The number of hydrogen-bond acceptors (Lipinski definition) is 3. The number of carbonyl (C=O) groups is 1. The fourth-order valence-electron chi connectivity index (χ4n) is 3.46. The van der Waals surface area contributed by atoms with Gasteiger partial charge in [-0.1, -0.05) is 49.4 Å². The highest BCUT2D eigenvalue weighted by Crippen LogP contribution is 2.18. The smallest absolute Gasteiger partial charge is 0.331 e. The van der Waals surface area contributed by atoms with Gasteiger partial charge in [0.1, 0.15) is 6.54 Å². The molecule has 6 nitrogen and oxygen atoms in total. The third-order valence-electron chi connectivity index (χ3n) is 5.06. The van der Waals surface area contributed by atoms with E-state index in [0.29, 0.717) is 17.4 Å². The summed E-state index contributed by atoms with van der Waals surface area (Å²) < 4.78 is 2.54. The Hall–Kier alpha value is -3.15. The lowest BCUT2D eigenvalue weighted by Crippen LogP contribution is -2.42. The average molecular weight is 379 g/mol. The lowest BCUT2D eigenvalue weighted by atomic mass is 9.96. The molecule has 0 radical (unpaired) electrons. The van der Waals surface area contributed by atoms with Crippen LogP contribution in [0, 0.1) is 0 Å². The summed E-state index contributed by atoms with van der Waals surface area (Å²) in [6, 6.07) is 16.9. The second kappa shape index (κ2) is 8.69. The van der Waals surface area contributed by atoms with Gasteiger partial charge in [-0.05, 0) is 31.0 Å². The van der Waals surface area contributed by atoms with Gasteiger partial charge < -0.3 is 5.32 Å². The third kappa shape index (κ3) is 3.91. The van der Waals surface area contributed by atoms with E-state index in [0.717, 1.165) is 11.0 Å². The molecule has 0 unspecified atom stereocenters. The molecule has 3 aromatic rings. The average Bonchev–Trinajstić information content (AvgIpc) is 2.73. The van der Waals surface area contributed by atoms with Gasteiger partial charge >= 0.3 is 5.69 Å². The highest BCUT2D eigenvalue weighted by molar-refractivity contribution is 5.81. The van der Waals surface area contributed by atoms with E-state index >= 15 is 0 Å². The van der Waals surface area contributed by atoms with Crippen molar-refractivity contribution in [2.45, 2.75) is 39.3 Å². The normalized spacial score (nSPS) is 12.1. The molecule has 0 aliphatic rings. The van der Waals surface area contributed by atoms with E-state index in [1.165, 1.54) is 10.1 Å². The Balaban J connectivity index is 1.84. The molecule has 6 heteroatoms. The minimum absolute atomic E-state index is 0.120. The van der Waals surface area contributed by atoms with E-state index in [2.05, 4.69) is 24.4 Å². The number of aromatic nitrogens is 2. The SMILES string of the molecule is CC[C@@H](CNC(=O)Cn1c(=O)n(CC)c(=O)c2ccccc21)c1ccccc1. The summed E-state index contributed by atoms with van der Waals surface area (Å²) in [5.74, 6) is -0.0360. The molecule has 1 aromatic heterocycles. The maximum Gasteiger partial charge on any atom is 0.331 e. The second-order valence-corrected chi connectivity index (χ2v) is 6.76. The fourth-order valence-corrected chi connectivity index (χ4v) is 3.46. The number of carbonyl (C=O) groups excluding carboxylic acids is 1. The molecule has 0 aliphatic heterocycles. The quantitative estimate of drug-likeness (QED) is 0.685. The molecule has 3 rings (SSSR count). The predicted octanol–water partition coefficient (Wildman–Crippen LogP) is 2.49. The van der Waals surface area contributed by atoms with Crippen molar-refractivity contribution in [3.63, 3.8) is 0 Å². The monoisotopic (exact) mass is 379 g/mol. The minimum atomic E-state index is -0.462. The first-order valence-corrected chi connectivity index (χ1v) is 9.60. The Morgan fingerprint density at radius 1 is 0.964 bits per heavy atom. The van der Waals surface area contributed by atoms with Crippen molar-refractivity contribution in [2.75, 3.05) is 6.54 Å². The van der Waals surface area contributed by atoms with Crippen molar-refractivity contribution < 1.29 is 4.79 Å². The number of nitrogens with one attached hydrogen (secondary N) is 1. The Labute approximate surface area is 163 Å². The zero-order chi connectivity index (χ0) is 20.1. The number of amides is 1. The van der Waals surface area contributed by atoms with E-state index in [4.69, 9.17) is 0 Å². The molecule has 28 heavy (non-hydrogen) atoms. The molecule has 1 N–H and O–H groups in total. The van der Waals surface area contributed by atoms with Crippen molar-refractivity contribution in [1.29, 1.82) is 0 Å². The fraction of sp³-hybridized carbons (Fsp3) is 0.318. The Bertz CT molecular complexity index is 1080. The molecule has 0 spiro atoms. The van der Waals surface area contributed by atoms with Gasteiger partial charge in [-0.2, -0.15) is 0 Å². The highest BCUT2D eigenvalue weighted by atomic mass is 16.2. The van der Waals surface area contributed by atoms with Crippen LogP contribution in [0.3, 0.4) is 0 Å². The van der Waals surface area contributed by atoms with Crippen molar-refractivity contribution in [2.24, 2.45) is 0 Å². The molecule has 0 saturated carbocycles. The highest BCUT2D eigenvalue weighted by Gasteiger charge is 2.15. The molecule has 0 bridgehead atoms. The molecular weight excluding hydrogens is 354 g/mol. The third-order valence-corrected chi connectivity index (χ3v) is 5.06. The Morgan fingerprint density at radius 2 is 1.64 bits per heavy atom. The van der Waals surface area contributed by atoms with Crippen LogP contribution in [-0.4, -0.2) is 21.6 Å². The van der Waals surface area contributed by atoms with Gasteiger partial charge in [0.2, 0.25) is 5.91 Å². The van der Waals surface area contributed by atoms with Crippen LogP contribution in [0.2, 0.25) is 0 Å². The summed E-state index contributed by atoms with van der Waals surface area (Å²) in [7, 11) is 0. The zero-order valence-corrected chi connectivity index (χ0v) is 16.2. The summed E-state index contributed by atoms with van der Waals surface area (Å²) in [4.78, 5) is 37.8. The predicted molar refractivity (Wildman–Crippen MR) is 111 cm³/mol. The Morgan fingerprint density at radius 3 is 2.32 bits per heavy atom. The number of nitrogens with zero attached hydrogens (tertiary/aromatic N) is 2. The van der Waals surface area contributed by atoms with Crippen molar-refractivity contribution in [1.82, 2.24) is 14.5 Å². The number of para-hydroxylation sites is 1. The summed E-state index contributed by atoms with van der Waals surface area (Å²) >= 11 is 0. The summed E-state index contributed by atoms with van der Waals surface area (Å²) in [6.07, 6.45) is 0.897. The molecule has 0 saturated heterocycles. The van der Waals surface area contributed by atoms with Crippen LogP contribution in [0.5, 0.6) is 0 Å². The van der Waals surface area contributed by atoms with E-state index < -0.39 is 5.69 Å². The van der Waals surface area contributed by atoms with Crippen molar-refractivity contribution in [3.8, 4) is 0 Å². The van der Waals surface area contributed by atoms with Crippen LogP contribution in [0.15, 0.2) is 64.2 Å². The van der Waals surface area contributed by atoms with Crippen LogP contribution < -0.4 is 16.6 Å². The van der Waals surface area contributed by atoms with Gasteiger partial charge in [-0.3, -0.25) is 18.7 Å². The largest absolute Gasteiger partial charge is 0.354 e. The van der Waals surface area contributed by atoms with Crippen LogP contribution in [0.4, 0.5) is 0 Å². The molecule has 0 fully saturated rings. The molecular formula is C22H25N3O3. The summed E-state index contributed by atoms with van der Waals surface area (Å²) in [5.41, 5.74) is 0.867. The van der Waals surface area contributed by atoms with Gasteiger partial charge in [0.25, 0.3) is 5.56 Å². The van der Waals surface area contributed by atoms with Crippen LogP contribution >= 0.6 is 0 Å². The first kappa shape index (κ1) is 19.6. The maximum absolute atomic E-state index is 12.7. The van der Waals surface area contributed by atoms with Crippen LogP contribution in [0.25, 0.3) is 10.9 Å². The summed E-state index contributed by atoms with van der Waals surface area (Å²) in [6.45, 7) is 4.47. The molecule has 1 heterocycles.